The minimum atomic E-state index is -5.29. The van der Waals surface area contributed by atoms with Crippen LogP contribution in [0.1, 0.15) is 131 Å². The quantitative estimate of drug-likeness (QED) is 0.196. The molecule has 0 aromatic rings. The summed E-state index contributed by atoms with van der Waals surface area (Å²) in [7, 11) is 0. The summed E-state index contributed by atoms with van der Waals surface area (Å²) < 4.78 is 87.0. The fraction of sp³-hybridized carbons (Fsp3) is 1.00. The van der Waals surface area contributed by atoms with Gasteiger partial charge in [0, 0.05) is 0 Å². The van der Waals surface area contributed by atoms with Gasteiger partial charge < -0.3 is 0 Å². The van der Waals surface area contributed by atoms with Crippen molar-refractivity contribution in [2.75, 3.05) is 0 Å². The van der Waals surface area contributed by atoms with Crippen molar-refractivity contribution in [2.24, 2.45) is 35.0 Å². The van der Waals surface area contributed by atoms with Crippen molar-refractivity contribution in [3.63, 3.8) is 0 Å². The summed E-state index contributed by atoms with van der Waals surface area (Å²) in [4.78, 5) is 0. The van der Waals surface area contributed by atoms with Crippen molar-refractivity contribution in [1.29, 1.82) is 0 Å². The van der Waals surface area contributed by atoms with Crippen molar-refractivity contribution in [2.45, 2.75) is 143 Å². The van der Waals surface area contributed by atoms with Crippen LogP contribution in [0, 0.1) is 35.0 Å². The maximum atomic E-state index is 14.5. The molecule has 0 N–H and O–H groups in total. The zero-order valence-electron chi connectivity index (χ0n) is 22.3. The lowest BCUT2D eigenvalue weighted by molar-refractivity contribution is -0.352. The second kappa shape index (κ2) is 14.4. The topological polar surface area (TPSA) is 0 Å². The Hall–Kier alpha value is -0.420. The zero-order valence-corrected chi connectivity index (χ0v) is 22.3. The third-order valence-corrected chi connectivity index (χ3v) is 8.40. The number of halogens is 6. The van der Waals surface area contributed by atoms with E-state index in [0.29, 0.717) is 56.8 Å². The fourth-order valence-corrected chi connectivity index (χ4v) is 6.35. The highest BCUT2D eigenvalue weighted by Crippen LogP contribution is 2.59. The molecule has 34 heavy (non-hydrogen) atoms. The summed E-state index contributed by atoms with van der Waals surface area (Å²) in [5, 5.41) is 0. The Bertz CT molecular complexity index is 516. The Balaban J connectivity index is 3.19. The van der Waals surface area contributed by atoms with E-state index in [9.17, 15) is 26.3 Å². The third-order valence-electron chi connectivity index (χ3n) is 8.40. The monoisotopic (exact) mass is 500 g/mol. The van der Waals surface area contributed by atoms with Crippen molar-refractivity contribution in [3.8, 4) is 0 Å². The van der Waals surface area contributed by atoms with Crippen LogP contribution in [0.2, 0.25) is 0 Å². The molecule has 0 spiro atoms. The van der Waals surface area contributed by atoms with Crippen LogP contribution >= 0.6 is 0 Å². The molecule has 0 heterocycles. The smallest absolute Gasteiger partial charge is 0.170 e. The van der Waals surface area contributed by atoms with Gasteiger partial charge in [0.15, 0.2) is 5.41 Å². The predicted molar refractivity (Wildman–Crippen MR) is 130 cm³/mol. The summed E-state index contributed by atoms with van der Waals surface area (Å²) in [6.07, 6.45) is -2.61. The average Bonchev–Trinajstić information content (AvgIpc) is 2.72. The second-order valence-electron chi connectivity index (χ2n) is 11.6. The minimum absolute atomic E-state index is 0.258. The maximum absolute atomic E-state index is 14.5. The Kier molecular flexibility index (Phi) is 13.3. The highest BCUT2D eigenvalue weighted by molar-refractivity contribution is 4.97. The van der Waals surface area contributed by atoms with E-state index in [1.54, 1.807) is 0 Å². The highest BCUT2D eigenvalue weighted by atomic mass is 19.4. The van der Waals surface area contributed by atoms with Crippen LogP contribution in [0.25, 0.3) is 0 Å². The lowest BCUT2D eigenvalue weighted by atomic mass is 9.67. The molecule has 1 fully saturated rings. The van der Waals surface area contributed by atoms with Gasteiger partial charge in [0.25, 0.3) is 0 Å². The van der Waals surface area contributed by atoms with E-state index >= 15 is 0 Å². The zero-order chi connectivity index (χ0) is 26.0. The van der Waals surface area contributed by atoms with Gasteiger partial charge >= 0.3 is 12.4 Å². The molecule has 0 aliphatic heterocycles. The fourth-order valence-electron chi connectivity index (χ4n) is 6.35. The first-order valence-electron chi connectivity index (χ1n) is 13.9. The van der Waals surface area contributed by atoms with E-state index in [1.165, 1.54) is 0 Å². The molecule has 1 saturated carbocycles. The molecule has 0 amide bonds. The third kappa shape index (κ3) is 9.56. The van der Waals surface area contributed by atoms with Crippen LogP contribution < -0.4 is 0 Å². The molecule has 1 aliphatic carbocycles. The molecule has 3 atom stereocenters. The summed E-state index contributed by atoms with van der Waals surface area (Å²) >= 11 is 0. The standard InChI is InChI=1S/C28H50F6/c1-6-9-21(4)14-17-24(10-7-2)19-26(27(29,30)31,28(32,33)34)20-25(11-8-3)18-23-15-12-22(5)13-16-23/h21-25H,6-20H2,1-5H3. The predicted octanol–water partition coefficient (Wildman–Crippen LogP) is 11.1. The Morgan fingerprint density at radius 1 is 0.647 bits per heavy atom. The van der Waals surface area contributed by atoms with Crippen LogP contribution in [0.5, 0.6) is 0 Å². The van der Waals surface area contributed by atoms with Gasteiger partial charge in [-0.05, 0) is 48.9 Å². The molecule has 0 saturated heterocycles. The first-order chi connectivity index (χ1) is 15.8. The van der Waals surface area contributed by atoms with Gasteiger partial charge in [-0.2, -0.15) is 26.3 Å². The first kappa shape index (κ1) is 31.6. The van der Waals surface area contributed by atoms with Crippen molar-refractivity contribution >= 4 is 0 Å². The molecule has 0 aromatic heterocycles. The molecule has 1 aliphatic rings. The molecule has 1 rings (SSSR count). The SMILES string of the molecule is CCCC(C)CCC(CCC)CC(CC(CCC)CC1CCC(C)CC1)(C(F)(F)F)C(F)(F)F. The van der Waals surface area contributed by atoms with Gasteiger partial charge in [0.2, 0.25) is 0 Å². The normalized spacial score (nSPS) is 23.0. The van der Waals surface area contributed by atoms with E-state index in [1.807, 2.05) is 13.8 Å². The van der Waals surface area contributed by atoms with E-state index in [4.69, 9.17) is 0 Å². The number of rotatable bonds is 15. The molecular weight excluding hydrogens is 450 g/mol. The van der Waals surface area contributed by atoms with Gasteiger partial charge in [0.1, 0.15) is 0 Å². The summed E-state index contributed by atoms with van der Waals surface area (Å²) in [6.45, 7) is 10.0. The van der Waals surface area contributed by atoms with E-state index in [2.05, 4.69) is 20.8 Å². The minimum Gasteiger partial charge on any atom is -0.170 e. The number of alkyl halides is 6. The van der Waals surface area contributed by atoms with Crippen LogP contribution in [-0.4, -0.2) is 12.4 Å². The van der Waals surface area contributed by atoms with E-state index in [-0.39, 0.29) is 5.92 Å². The van der Waals surface area contributed by atoms with Gasteiger partial charge in [0.05, 0.1) is 0 Å². The molecule has 0 aromatic carbocycles. The summed E-state index contributed by atoms with van der Waals surface area (Å²) in [6, 6.07) is 0. The number of hydrogen-bond donors (Lipinski definition) is 0. The lowest BCUT2D eigenvalue weighted by Gasteiger charge is -2.43. The highest BCUT2D eigenvalue weighted by Gasteiger charge is 2.70. The Labute approximate surface area is 205 Å². The largest absolute Gasteiger partial charge is 0.403 e. The van der Waals surface area contributed by atoms with Gasteiger partial charge in [-0.15, -0.1) is 0 Å². The van der Waals surface area contributed by atoms with Crippen molar-refractivity contribution < 1.29 is 26.3 Å². The first-order valence-corrected chi connectivity index (χ1v) is 13.9. The number of hydrogen-bond acceptors (Lipinski definition) is 0. The van der Waals surface area contributed by atoms with Crippen molar-refractivity contribution in [1.82, 2.24) is 0 Å². The van der Waals surface area contributed by atoms with Crippen LogP contribution in [-0.2, 0) is 0 Å². The second-order valence-corrected chi connectivity index (χ2v) is 11.6. The van der Waals surface area contributed by atoms with Crippen LogP contribution in [0.3, 0.4) is 0 Å². The van der Waals surface area contributed by atoms with Gasteiger partial charge in [-0.1, -0.05) is 112 Å². The Morgan fingerprint density at radius 3 is 1.59 bits per heavy atom. The summed E-state index contributed by atoms with van der Waals surface area (Å²) in [5.74, 6) is 0.110. The molecule has 6 heteroatoms. The van der Waals surface area contributed by atoms with Crippen molar-refractivity contribution in [3.05, 3.63) is 0 Å². The van der Waals surface area contributed by atoms with Crippen LogP contribution in [0.15, 0.2) is 0 Å². The molecule has 0 bridgehead atoms. The van der Waals surface area contributed by atoms with Gasteiger partial charge in [-0.25, -0.2) is 0 Å². The lowest BCUT2D eigenvalue weighted by Crippen LogP contribution is -2.52. The van der Waals surface area contributed by atoms with E-state index < -0.39 is 42.4 Å². The molecule has 204 valence electrons. The maximum Gasteiger partial charge on any atom is 0.403 e. The summed E-state index contributed by atoms with van der Waals surface area (Å²) in [5.41, 5.74) is -3.60. The van der Waals surface area contributed by atoms with E-state index in [0.717, 1.165) is 38.5 Å². The molecule has 0 radical (unpaired) electrons. The Morgan fingerprint density at radius 2 is 1.12 bits per heavy atom. The molecular formula is C28H50F6. The average molecular weight is 501 g/mol. The molecule has 0 nitrogen and oxygen atoms in total. The van der Waals surface area contributed by atoms with Gasteiger partial charge in [-0.3, -0.25) is 0 Å². The molecule has 3 unspecified atom stereocenters. The van der Waals surface area contributed by atoms with Crippen LogP contribution in [0.4, 0.5) is 26.3 Å².